The summed E-state index contributed by atoms with van der Waals surface area (Å²) in [6.07, 6.45) is 0. The summed E-state index contributed by atoms with van der Waals surface area (Å²) in [5.41, 5.74) is 0.0483. The molecule has 5 heteroatoms. The maximum absolute atomic E-state index is 13.3. The summed E-state index contributed by atoms with van der Waals surface area (Å²) < 4.78 is 26.2. The van der Waals surface area contributed by atoms with Gasteiger partial charge in [-0.2, -0.15) is 0 Å². The minimum atomic E-state index is -0.797. The van der Waals surface area contributed by atoms with E-state index in [1.54, 1.807) is 0 Å². The number of nitrogens with one attached hydrogen (secondary N) is 2. The topological polar surface area (TPSA) is 41.1 Å². The van der Waals surface area contributed by atoms with Crippen LogP contribution in [-0.2, 0) is 4.79 Å². The van der Waals surface area contributed by atoms with Gasteiger partial charge in [0.05, 0.1) is 0 Å². The first-order valence-corrected chi connectivity index (χ1v) is 4.64. The molecular formula is C10H10F2N2O. The number of amides is 1. The van der Waals surface area contributed by atoms with Gasteiger partial charge in [0, 0.05) is 18.7 Å². The van der Waals surface area contributed by atoms with Crippen molar-refractivity contribution >= 4 is 5.91 Å². The fourth-order valence-corrected chi connectivity index (χ4v) is 1.58. The molecule has 1 saturated heterocycles. The van der Waals surface area contributed by atoms with Crippen LogP contribution in [0.15, 0.2) is 18.2 Å². The molecule has 1 amide bonds. The van der Waals surface area contributed by atoms with Crippen molar-refractivity contribution in [2.24, 2.45) is 0 Å². The molecule has 3 nitrogen and oxygen atoms in total. The second kappa shape index (κ2) is 3.94. The third-order valence-electron chi connectivity index (χ3n) is 2.30. The van der Waals surface area contributed by atoms with Gasteiger partial charge in [-0.15, -0.1) is 0 Å². The van der Waals surface area contributed by atoms with E-state index in [1.165, 1.54) is 0 Å². The molecule has 0 aliphatic carbocycles. The van der Waals surface area contributed by atoms with Crippen LogP contribution in [-0.4, -0.2) is 19.0 Å². The summed E-state index contributed by atoms with van der Waals surface area (Å²) in [4.78, 5) is 11.4. The summed E-state index contributed by atoms with van der Waals surface area (Å²) in [5, 5.41) is 5.42. The number of piperazine rings is 1. The van der Waals surface area contributed by atoms with Crippen molar-refractivity contribution in [1.29, 1.82) is 0 Å². The lowest BCUT2D eigenvalue weighted by atomic mass is 10.0. The van der Waals surface area contributed by atoms with E-state index >= 15 is 0 Å². The lowest BCUT2D eigenvalue weighted by Gasteiger charge is -2.24. The van der Waals surface area contributed by atoms with Gasteiger partial charge in [0.25, 0.3) is 0 Å². The predicted octanol–water partition coefficient (Wildman–Crippen LogP) is 0.725. The molecule has 1 aromatic carbocycles. The van der Waals surface area contributed by atoms with Gasteiger partial charge in [-0.3, -0.25) is 4.79 Å². The van der Waals surface area contributed by atoms with Gasteiger partial charge in [0.15, 0.2) is 0 Å². The van der Waals surface area contributed by atoms with Gasteiger partial charge in [-0.25, -0.2) is 8.78 Å². The zero-order valence-corrected chi connectivity index (χ0v) is 7.89. The zero-order valence-electron chi connectivity index (χ0n) is 7.89. The first kappa shape index (κ1) is 10.0. The second-order valence-electron chi connectivity index (χ2n) is 3.34. The molecule has 0 unspecified atom stereocenters. The third-order valence-corrected chi connectivity index (χ3v) is 2.30. The standard InChI is InChI=1S/C10H10F2N2O/c11-6-1-2-8(12)7(5-6)9-10(15)14-4-3-13-9/h1-2,5,9,13H,3-4H2,(H,14,15)/t9-/m0/s1. The van der Waals surface area contributed by atoms with E-state index in [0.29, 0.717) is 13.1 Å². The largest absolute Gasteiger partial charge is 0.353 e. The maximum atomic E-state index is 13.3. The maximum Gasteiger partial charge on any atom is 0.241 e. The molecule has 2 N–H and O–H groups in total. The second-order valence-corrected chi connectivity index (χ2v) is 3.34. The smallest absolute Gasteiger partial charge is 0.241 e. The Balaban J connectivity index is 2.34. The summed E-state index contributed by atoms with van der Waals surface area (Å²) >= 11 is 0. The highest BCUT2D eigenvalue weighted by molar-refractivity contribution is 5.83. The highest BCUT2D eigenvalue weighted by Crippen LogP contribution is 2.19. The van der Waals surface area contributed by atoms with Crippen LogP contribution in [0.3, 0.4) is 0 Å². The van der Waals surface area contributed by atoms with Crippen molar-refractivity contribution in [1.82, 2.24) is 10.6 Å². The van der Waals surface area contributed by atoms with E-state index in [1.807, 2.05) is 0 Å². The van der Waals surface area contributed by atoms with Crippen molar-refractivity contribution in [2.75, 3.05) is 13.1 Å². The number of rotatable bonds is 1. The number of hydrogen-bond acceptors (Lipinski definition) is 2. The summed E-state index contributed by atoms with van der Waals surface area (Å²) in [7, 11) is 0. The SMILES string of the molecule is O=C1NCCN[C@H]1c1cc(F)ccc1F. The highest BCUT2D eigenvalue weighted by Gasteiger charge is 2.25. The van der Waals surface area contributed by atoms with Crippen LogP contribution in [0.2, 0.25) is 0 Å². The Labute approximate surface area is 85.5 Å². The first-order chi connectivity index (χ1) is 7.18. The van der Waals surface area contributed by atoms with Crippen molar-refractivity contribution in [3.8, 4) is 0 Å². The molecule has 1 aliphatic heterocycles. The Morgan fingerprint density at radius 2 is 2.07 bits per heavy atom. The summed E-state index contributed by atoms with van der Waals surface area (Å²) in [6.45, 7) is 1.05. The molecule has 1 atom stereocenters. The highest BCUT2D eigenvalue weighted by atomic mass is 19.1. The zero-order chi connectivity index (χ0) is 10.8. The van der Waals surface area contributed by atoms with Crippen LogP contribution in [0.1, 0.15) is 11.6 Å². The van der Waals surface area contributed by atoms with Crippen LogP contribution < -0.4 is 10.6 Å². The average Bonchev–Trinajstić information content (AvgIpc) is 2.23. The fourth-order valence-electron chi connectivity index (χ4n) is 1.58. The minimum Gasteiger partial charge on any atom is -0.353 e. The number of carbonyl (C=O) groups is 1. The Morgan fingerprint density at radius 1 is 1.27 bits per heavy atom. The van der Waals surface area contributed by atoms with Crippen LogP contribution in [0, 0.1) is 11.6 Å². The molecular weight excluding hydrogens is 202 g/mol. The Kier molecular flexibility index (Phi) is 2.64. The third kappa shape index (κ3) is 1.97. The minimum absolute atomic E-state index is 0.0483. The number of hydrogen-bond donors (Lipinski definition) is 2. The van der Waals surface area contributed by atoms with E-state index in [9.17, 15) is 13.6 Å². The first-order valence-electron chi connectivity index (χ1n) is 4.64. The van der Waals surface area contributed by atoms with Crippen LogP contribution >= 0.6 is 0 Å². The molecule has 1 fully saturated rings. The Morgan fingerprint density at radius 3 is 2.80 bits per heavy atom. The normalized spacial score (nSPS) is 21.2. The quantitative estimate of drug-likeness (QED) is 0.720. The van der Waals surface area contributed by atoms with Crippen molar-refractivity contribution in [2.45, 2.75) is 6.04 Å². The predicted molar refractivity (Wildman–Crippen MR) is 50.1 cm³/mol. The summed E-state index contributed by atoms with van der Waals surface area (Å²) in [6, 6.07) is 2.29. The molecule has 2 rings (SSSR count). The van der Waals surface area contributed by atoms with Gasteiger partial charge in [0.1, 0.15) is 17.7 Å². The molecule has 0 radical (unpaired) electrons. The molecule has 1 heterocycles. The number of halogens is 2. The summed E-state index contributed by atoms with van der Waals surface area (Å²) in [5.74, 6) is -1.46. The Hall–Kier alpha value is -1.49. The lowest BCUT2D eigenvalue weighted by Crippen LogP contribution is -2.47. The van der Waals surface area contributed by atoms with Crippen LogP contribution in [0.25, 0.3) is 0 Å². The van der Waals surface area contributed by atoms with Gasteiger partial charge < -0.3 is 10.6 Å². The molecule has 0 aromatic heterocycles. The van der Waals surface area contributed by atoms with Gasteiger partial charge in [-0.05, 0) is 18.2 Å². The van der Waals surface area contributed by atoms with Crippen molar-refractivity contribution < 1.29 is 13.6 Å². The van der Waals surface area contributed by atoms with Crippen molar-refractivity contribution in [3.63, 3.8) is 0 Å². The Bertz CT molecular complexity index is 395. The molecule has 0 spiro atoms. The van der Waals surface area contributed by atoms with Gasteiger partial charge in [-0.1, -0.05) is 0 Å². The van der Waals surface area contributed by atoms with Crippen LogP contribution in [0.4, 0.5) is 8.78 Å². The van der Waals surface area contributed by atoms with E-state index in [4.69, 9.17) is 0 Å². The van der Waals surface area contributed by atoms with Gasteiger partial charge in [0.2, 0.25) is 5.91 Å². The molecule has 1 aromatic rings. The van der Waals surface area contributed by atoms with Crippen molar-refractivity contribution in [3.05, 3.63) is 35.4 Å². The molecule has 15 heavy (non-hydrogen) atoms. The fraction of sp³-hybridized carbons (Fsp3) is 0.300. The van der Waals surface area contributed by atoms with Crippen LogP contribution in [0.5, 0.6) is 0 Å². The van der Waals surface area contributed by atoms with E-state index in [2.05, 4.69) is 10.6 Å². The van der Waals surface area contributed by atoms with E-state index < -0.39 is 17.7 Å². The molecule has 0 bridgehead atoms. The van der Waals surface area contributed by atoms with E-state index in [0.717, 1.165) is 18.2 Å². The molecule has 80 valence electrons. The van der Waals surface area contributed by atoms with Gasteiger partial charge >= 0.3 is 0 Å². The lowest BCUT2D eigenvalue weighted by molar-refractivity contribution is -0.124. The average molecular weight is 212 g/mol. The number of benzene rings is 1. The molecule has 1 aliphatic rings. The monoisotopic (exact) mass is 212 g/mol. The molecule has 0 saturated carbocycles. The van der Waals surface area contributed by atoms with E-state index in [-0.39, 0.29) is 11.5 Å². The number of carbonyl (C=O) groups excluding carboxylic acids is 1.